The van der Waals surface area contributed by atoms with E-state index in [1.54, 1.807) is 10.8 Å². The van der Waals surface area contributed by atoms with Gasteiger partial charge in [0.2, 0.25) is 0 Å². The van der Waals surface area contributed by atoms with Gasteiger partial charge in [0, 0.05) is 36.4 Å². The van der Waals surface area contributed by atoms with E-state index < -0.39 is 0 Å². The molecule has 31 heavy (non-hydrogen) atoms. The smallest absolute Gasteiger partial charge is 0.258 e. The molecular formula is C26H27N3O2. The van der Waals surface area contributed by atoms with Gasteiger partial charge in [-0.1, -0.05) is 29.8 Å². The van der Waals surface area contributed by atoms with Gasteiger partial charge in [0.25, 0.3) is 5.56 Å². The van der Waals surface area contributed by atoms with Crippen LogP contribution in [0.4, 0.5) is 5.82 Å². The van der Waals surface area contributed by atoms with Crippen molar-refractivity contribution < 1.29 is 4.74 Å². The molecule has 4 rings (SSSR count). The summed E-state index contributed by atoms with van der Waals surface area (Å²) >= 11 is 0. The summed E-state index contributed by atoms with van der Waals surface area (Å²) < 4.78 is 7.42. The van der Waals surface area contributed by atoms with E-state index in [9.17, 15) is 4.79 Å². The SMILES string of the molecule is Cc1ccc(COc2ccn(-c3ccc4nc(N(C)C(C)C)ccc4c3)c(=O)c2)cc1. The number of hydrogen-bond acceptors (Lipinski definition) is 4. The van der Waals surface area contributed by atoms with E-state index in [0.29, 0.717) is 18.4 Å². The van der Waals surface area contributed by atoms with E-state index in [1.165, 1.54) is 11.6 Å². The zero-order valence-corrected chi connectivity index (χ0v) is 18.4. The van der Waals surface area contributed by atoms with Crippen LogP contribution in [0.25, 0.3) is 16.6 Å². The monoisotopic (exact) mass is 413 g/mol. The normalized spacial score (nSPS) is 11.1. The second-order valence-electron chi connectivity index (χ2n) is 8.10. The standard InChI is InChI=1S/C26H27N3O2/c1-18(2)28(4)25-12-9-21-15-22(10-11-24(21)27-25)29-14-13-23(16-26(29)30)31-17-20-7-5-19(3)6-8-20/h5-16,18H,17H2,1-4H3. The van der Waals surface area contributed by atoms with E-state index in [-0.39, 0.29) is 5.56 Å². The van der Waals surface area contributed by atoms with Crippen molar-refractivity contribution in [1.82, 2.24) is 9.55 Å². The maximum absolute atomic E-state index is 12.7. The third-order valence-electron chi connectivity index (χ3n) is 5.49. The molecule has 5 nitrogen and oxygen atoms in total. The molecule has 0 aliphatic rings. The Labute approximate surface area is 182 Å². The molecular weight excluding hydrogens is 386 g/mol. The average Bonchev–Trinajstić information content (AvgIpc) is 2.77. The lowest BCUT2D eigenvalue weighted by molar-refractivity contribution is 0.305. The number of aromatic nitrogens is 2. The van der Waals surface area contributed by atoms with Crippen LogP contribution >= 0.6 is 0 Å². The summed E-state index contributed by atoms with van der Waals surface area (Å²) in [4.78, 5) is 19.6. The molecule has 5 heteroatoms. The molecule has 0 atom stereocenters. The van der Waals surface area contributed by atoms with Gasteiger partial charge in [-0.25, -0.2) is 4.98 Å². The number of nitrogens with zero attached hydrogens (tertiary/aromatic N) is 3. The van der Waals surface area contributed by atoms with Crippen molar-refractivity contribution in [1.29, 1.82) is 0 Å². The molecule has 0 amide bonds. The highest BCUT2D eigenvalue weighted by molar-refractivity contribution is 5.82. The zero-order valence-electron chi connectivity index (χ0n) is 18.4. The van der Waals surface area contributed by atoms with Crippen molar-refractivity contribution in [2.24, 2.45) is 0 Å². The second kappa shape index (κ2) is 8.64. The van der Waals surface area contributed by atoms with Crippen LogP contribution in [0.3, 0.4) is 0 Å². The summed E-state index contributed by atoms with van der Waals surface area (Å²) in [6.45, 7) is 6.75. The summed E-state index contributed by atoms with van der Waals surface area (Å²) in [5.74, 6) is 1.49. The number of anilines is 1. The molecule has 158 valence electrons. The lowest BCUT2D eigenvalue weighted by Crippen LogP contribution is -2.26. The lowest BCUT2D eigenvalue weighted by atomic mass is 10.2. The summed E-state index contributed by atoms with van der Waals surface area (Å²) in [5, 5.41) is 0.991. The Morgan fingerprint density at radius 3 is 2.48 bits per heavy atom. The van der Waals surface area contributed by atoms with Crippen LogP contribution in [0, 0.1) is 6.92 Å². The van der Waals surface area contributed by atoms with Crippen LogP contribution in [0.1, 0.15) is 25.0 Å². The van der Waals surface area contributed by atoms with Crippen molar-refractivity contribution in [2.75, 3.05) is 11.9 Å². The molecule has 0 saturated carbocycles. The predicted octanol–water partition coefficient (Wildman–Crippen LogP) is 5.12. The van der Waals surface area contributed by atoms with Gasteiger partial charge in [-0.15, -0.1) is 0 Å². The molecule has 0 N–H and O–H groups in total. The van der Waals surface area contributed by atoms with Crippen molar-refractivity contribution >= 4 is 16.7 Å². The predicted molar refractivity (Wildman–Crippen MR) is 126 cm³/mol. The minimum atomic E-state index is -0.134. The first-order valence-electron chi connectivity index (χ1n) is 10.5. The van der Waals surface area contributed by atoms with E-state index in [4.69, 9.17) is 9.72 Å². The van der Waals surface area contributed by atoms with E-state index >= 15 is 0 Å². The number of fused-ring (bicyclic) bond motifs is 1. The molecule has 0 aliphatic heterocycles. The fourth-order valence-corrected chi connectivity index (χ4v) is 3.33. The van der Waals surface area contributed by atoms with Crippen LogP contribution in [0.5, 0.6) is 5.75 Å². The Hall–Kier alpha value is -3.60. The maximum Gasteiger partial charge on any atom is 0.258 e. The summed E-state index contributed by atoms with van der Waals surface area (Å²) in [5.41, 5.74) is 3.85. The molecule has 0 aliphatic carbocycles. The van der Waals surface area contributed by atoms with E-state index in [0.717, 1.165) is 28.0 Å². The number of hydrogen-bond donors (Lipinski definition) is 0. The molecule has 0 unspecified atom stereocenters. The van der Waals surface area contributed by atoms with E-state index in [2.05, 4.69) is 37.8 Å². The van der Waals surface area contributed by atoms with Gasteiger partial charge in [-0.2, -0.15) is 0 Å². The number of ether oxygens (including phenoxy) is 1. The Bertz CT molecular complexity index is 1260. The Balaban J connectivity index is 1.55. The van der Waals surface area contributed by atoms with Crippen LogP contribution in [0.15, 0.2) is 77.7 Å². The van der Waals surface area contributed by atoms with Gasteiger partial charge in [0.05, 0.1) is 5.52 Å². The van der Waals surface area contributed by atoms with Gasteiger partial charge >= 0.3 is 0 Å². The molecule has 0 spiro atoms. The van der Waals surface area contributed by atoms with Crippen LogP contribution in [-0.2, 0) is 6.61 Å². The highest BCUT2D eigenvalue weighted by Crippen LogP contribution is 2.21. The van der Waals surface area contributed by atoms with Crippen molar-refractivity contribution in [3.8, 4) is 11.4 Å². The molecule has 0 saturated heterocycles. The van der Waals surface area contributed by atoms with Crippen molar-refractivity contribution in [2.45, 2.75) is 33.4 Å². The largest absolute Gasteiger partial charge is 0.489 e. The molecule has 0 radical (unpaired) electrons. The Morgan fingerprint density at radius 2 is 1.77 bits per heavy atom. The summed E-state index contributed by atoms with van der Waals surface area (Å²) in [6.07, 6.45) is 1.75. The molecule has 2 aromatic heterocycles. The third-order valence-corrected chi connectivity index (χ3v) is 5.49. The molecule has 2 aromatic carbocycles. The fraction of sp³-hybridized carbons (Fsp3) is 0.231. The van der Waals surface area contributed by atoms with Crippen LogP contribution in [0.2, 0.25) is 0 Å². The first kappa shape index (κ1) is 20.7. The summed E-state index contributed by atoms with van der Waals surface area (Å²) in [6, 6.07) is 21.8. The number of aryl methyl sites for hydroxylation is 1. The van der Waals surface area contributed by atoms with Gasteiger partial charge in [-0.05, 0) is 62.7 Å². The average molecular weight is 414 g/mol. The number of benzene rings is 2. The molecule has 4 aromatic rings. The highest BCUT2D eigenvalue weighted by Gasteiger charge is 2.09. The summed E-state index contributed by atoms with van der Waals surface area (Å²) in [7, 11) is 2.04. The van der Waals surface area contributed by atoms with Gasteiger partial charge in [0.15, 0.2) is 0 Å². The zero-order chi connectivity index (χ0) is 22.0. The van der Waals surface area contributed by atoms with Crippen LogP contribution in [-0.4, -0.2) is 22.6 Å². The fourth-order valence-electron chi connectivity index (χ4n) is 3.33. The number of pyridine rings is 2. The minimum absolute atomic E-state index is 0.134. The number of rotatable bonds is 6. The Morgan fingerprint density at radius 1 is 1.00 bits per heavy atom. The molecule has 2 heterocycles. The Kier molecular flexibility index (Phi) is 5.76. The first-order chi connectivity index (χ1) is 14.9. The van der Waals surface area contributed by atoms with E-state index in [1.807, 2.05) is 55.6 Å². The van der Waals surface area contributed by atoms with Crippen LogP contribution < -0.4 is 15.2 Å². The quantitative estimate of drug-likeness (QED) is 0.440. The highest BCUT2D eigenvalue weighted by atomic mass is 16.5. The molecule has 0 fully saturated rings. The van der Waals surface area contributed by atoms with Gasteiger partial charge < -0.3 is 9.64 Å². The van der Waals surface area contributed by atoms with Gasteiger partial charge in [-0.3, -0.25) is 9.36 Å². The second-order valence-corrected chi connectivity index (χ2v) is 8.10. The molecule has 0 bridgehead atoms. The lowest BCUT2D eigenvalue weighted by Gasteiger charge is -2.22. The maximum atomic E-state index is 12.7. The first-order valence-corrected chi connectivity index (χ1v) is 10.5. The topological polar surface area (TPSA) is 47.4 Å². The minimum Gasteiger partial charge on any atom is -0.489 e. The van der Waals surface area contributed by atoms with Gasteiger partial charge in [0.1, 0.15) is 18.2 Å². The van der Waals surface area contributed by atoms with Crippen molar-refractivity contribution in [3.05, 3.63) is 94.4 Å². The van der Waals surface area contributed by atoms with Crippen molar-refractivity contribution in [3.63, 3.8) is 0 Å². The third kappa shape index (κ3) is 4.61.